The van der Waals surface area contributed by atoms with Gasteiger partial charge in [0.1, 0.15) is 0 Å². The topological polar surface area (TPSA) is 39.7 Å². The third-order valence-electron chi connectivity index (χ3n) is 7.85. The maximum Gasteiger partial charge on any atom is 0.230 e. The highest BCUT2D eigenvalue weighted by Crippen LogP contribution is 2.58. The number of rotatable bonds is 5. The highest BCUT2D eigenvalue weighted by molar-refractivity contribution is 7.07. The molecule has 30 heavy (non-hydrogen) atoms. The van der Waals surface area contributed by atoms with Gasteiger partial charge in [-0.25, -0.2) is 0 Å². The van der Waals surface area contributed by atoms with Gasteiger partial charge in [-0.1, -0.05) is 6.07 Å². The van der Waals surface area contributed by atoms with E-state index >= 15 is 0 Å². The van der Waals surface area contributed by atoms with Crippen molar-refractivity contribution in [3.05, 3.63) is 52.5 Å². The number of thiophene rings is 1. The van der Waals surface area contributed by atoms with Gasteiger partial charge in [0.2, 0.25) is 5.91 Å². The molecule has 1 atom stereocenters. The Balaban J connectivity index is 1.36. The minimum atomic E-state index is -0.195. The van der Waals surface area contributed by atoms with Crippen LogP contribution in [0.5, 0.6) is 0 Å². The van der Waals surface area contributed by atoms with Crippen LogP contribution < -0.4 is 0 Å². The molecule has 3 aliphatic rings. The van der Waals surface area contributed by atoms with Crippen LogP contribution >= 0.6 is 11.3 Å². The molecule has 0 saturated carbocycles. The fourth-order valence-electron chi connectivity index (χ4n) is 6.24. The van der Waals surface area contributed by atoms with E-state index in [0.717, 1.165) is 71.6 Å². The van der Waals surface area contributed by atoms with Crippen molar-refractivity contribution in [1.29, 1.82) is 0 Å². The van der Waals surface area contributed by atoms with Crippen molar-refractivity contribution in [2.24, 2.45) is 10.8 Å². The lowest BCUT2D eigenvalue weighted by atomic mass is 9.60. The quantitative estimate of drug-likeness (QED) is 0.737. The first-order valence-corrected chi connectivity index (χ1v) is 12.2. The van der Waals surface area contributed by atoms with Crippen LogP contribution in [0.2, 0.25) is 0 Å². The van der Waals surface area contributed by atoms with Gasteiger partial charge >= 0.3 is 0 Å². The molecule has 6 heteroatoms. The molecule has 3 saturated heterocycles. The SMILES string of the molecule is CCN1CC[C@@]2(CN(Cc3cccnc3)CC23CCN(Cc2ccsc2)CC3)C1=O. The Morgan fingerprint density at radius 2 is 1.87 bits per heavy atom. The molecule has 5 heterocycles. The number of carbonyl (C=O) groups excluding carboxylic acids is 1. The second-order valence-electron chi connectivity index (χ2n) is 9.41. The van der Waals surface area contributed by atoms with E-state index in [1.807, 2.05) is 18.5 Å². The van der Waals surface area contributed by atoms with Crippen LogP contribution in [0.3, 0.4) is 0 Å². The lowest BCUT2D eigenvalue weighted by Gasteiger charge is -2.47. The van der Waals surface area contributed by atoms with E-state index in [0.29, 0.717) is 5.91 Å². The van der Waals surface area contributed by atoms with Crippen molar-refractivity contribution < 1.29 is 4.79 Å². The van der Waals surface area contributed by atoms with E-state index in [1.54, 1.807) is 11.3 Å². The van der Waals surface area contributed by atoms with Crippen molar-refractivity contribution >= 4 is 17.2 Å². The van der Waals surface area contributed by atoms with Gasteiger partial charge in [-0.3, -0.25) is 19.6 Å². The fourth-order valence-corrected chi connectivity index (χ4v) is 6.90. The number of carbonyl (C=O) groups is 1. The maximum absolute atomic E-state index is 13.6. The van der Waals surface area contributed by atoms with Gasteiger partial charge in [0.25, 0.3) is 0 Å². The second-order valence-corrected chi connectivity index (χ2v) is 10.2. The zero-order chi connectivity index (χ0) is 20.6. The van der Waals surface area contributed by atoms with Crippen LogP contribution in [0.15, 0.2) is 41.4 Å². The minimum Gasteiger partial charge on any atom is -0.342 e. The van der Waals surface area contributed by atoms with Crippen LogP contribution in [-0.4, -0.2) is 64.9 Å². The third-order valence-corrected chi connectivity index (χ3v) is 8.58. The Bertz CT molecular complexity index is 863. The largest absolute Gasteiger partial charge is 0.342 e. The summed E-state index contributed by atoms with van der Waals surface area (Å²) < 4.78 is 0. The molecule has 0 bridgehead atoms. The molecule has 3 fully saturated rings. The van der Waals surface area contributed by atoms with Crippen LogP contribution in [-0.2, 0) is 17.9 Å². The lowest BCUT2D eigenvalue weighted by molar-refractivity contribution is -0.142. The Labute approximate surface area is 183 Å². The summed E-state index contributed by atoms with van der Waals surface area (Å²) in [6.45, 7) is 9.96. The Morgan fingerprint density at radius 3 is 2.53 bits per heavy atom. The first kappa shape index (κ1) is 20.2. The molecule has 0 aliphatic carbocycles. The molecular weight excluding hydrogens is 392 g/mol. The molecule has 0 aromatic carbocycles. The average molecular weight is 425 g/mol. The van der Waals surface area contributed by atoms with Gasteiger partial charge in [0, 0.05) is 57.1 Å². The molecule has 160 valence electrons. The number of hydrogen-bond acceptors (Lipinski definition) is 5. The van der Waals surface area contributed by atoms with E-state index in [1.165, 1.54) is 11.1 Å². The smallest absolute Gasteiger partial charge is 0.230 e. The van der Waals surface area contributed by atoms with Crippen molar-refractivity contribution in [2.75, 3.05) is 39.3 Å². The Hall–Kier alpha value is -1.76. The number of likely N-dealkylation sites (tertiary alicyclic amines) is 3. The molecule has 3 aliphatic heterocycles. The highest BCUT2D eigenvalue weighted by Gasteiger charge is 2.64. The number of piperidine rings is 1. The zero-order valence-electron chi connectivity index (χ0n) is 17.9. The lowest BCUT2D eigenvalue weighted by Crippen LogP contribution is -2.52. The van der Waals surface area contributed by atoms with Crippen LogP contribution in [0.1, 0.15) is 37.3 Å². The van der Waals surface area contributed by atoms with Crippen molar-refractivity contribution in [1.82, 2.24) is 19.7 Å². The molecule has 0 unspecified atom stereocenters. The summed E-state index contributed by atoms with van der Waals surface area (Å²) >= 11 is 1.78. The fraction of sp³-hybridized carbons (Fsp3) is 0.583. The van der Waals surface area contributed by atoms with Crippen molar-refractivity contribution in [2.45, 2.75) is 39.3 Å². The van der Waals surface area contributed by atoms with Gasteiger partial charge in [0.15, 0.2) is 0 Å². The summed E-state index contributed by atoms with van der Waals surface area (Å²) in [5.41, 5.74) is 2.59. The summed E-state index contributed by atoms with van der Waals surface area (Å²) in [5, 5.41) is 4.43. The Kier molecular flexibility index (Phi) is 5.42. The summed E-state index contributed by atoms with van der Waals surface area (Å²) in [6, 6.07) is 6.41. The molecule has 0 N–H and O–H groups in total. The molecular formula is C24H32N4OS. The van der Waals surface area contributed by atoms with E-state index in [2.05, 4.69) is 49.5 Å². The van der Waals surface area contributed by atoms with E-state index < -0.39 is 0 Å². The monoisotopic (exact) mass is 424 g/mol. The molecule has 1 amide bonds. The number of nitrogens with zero attached hydrogens (tertiary/aromatic N) is 4. The number of pyridine rings is 1. The molecule has 2 spiro atoms. The second kappa shape index (κ2) is 8.06. The van der Waals surface area contributed by atoms with Crippen LogP contribution in [0.4, 0.5) is 0 Å². The van der Waals surface area contributed by atoms with Crippen LogP contribution in [0.25, 0.3) is 0 Å². The van der Waals surface area contributed by atoms with E-state index in [4.69, 9.17) is 0 Å². The molecule has 2 aromatic rings. The van der Waals surface area contributed by atoms with Gasteiger partial charge in [-0.05, 0) is 73.3 Å². The average Bonchev–Trinajstić information content (AvgIpc) is 3.46. The molecule has 5 nitrogen and oxygen atoms in total. The predicted octanol–water partition coefficient (Wildman–Crippen LogP) is 3.48. The van der Waals surface area contributed by atoms with Crippen LogP contribution in [0, 0.1) is 10.8 Å². The van der Waals surface area contributed by atoms with Gasteiger partial charge < -0.3 is 4.90 Å². The van der Waals surface area contributed by atoms with Gasteiger partial charge in [0.05, 0.1) is 5.41 Å². The standard InChI is InChI=1S/C24H32N4OS/c1-2-28-12-8-24(22(28)29)19-27(15-20-4-3-9-25-14-20)18-23(24)6-10-26(11-7-23)16-21-5-13-30-17-21/h3-5,9,13-14,17H,2,6-8,10-12,15-16,18-19H2,1H3/t24-/m1/s1. The normalized spacial score (nSPS) is 27.0. The third kappa shape index (κ3) is 3.39. The summed E-state index contributed by atoms with van der Waals surface area (Å²) in [7, 11) is 0. The molecule has 2 aromatic heterocycles. The first-order valence-electron chi connectivity index (χ1n) is 11.3. The van der Waals surface area contributed by atoms with Gasteiger partial charge in [-0.2, -0.15) is 11.3 Å². The summed E-state index contributed by atoms with van der Waals surface area (Å²) in [4.78, 5) is 25.2. The maximum atomic E-state index is 13.6. The number of amides is 1. The molecule has 0 radical (unpaired) electrons. The number of aromatic nitrogens is 1. The van der Waals surface area contributed by atoms with E-state index in [9.17, 15) is 4.79 Å². The highest BCUT2D eigenvalue weighted by atomic mass is 32.1. The number of hydrogen-bond donors (Lipinski definition) is 0. The Morgan fingerprint density at radius 1 is 1.03 bits per heavy atom. The van der Waals surface area contributed by atoms with E-state index in [-0.39, 0.29) is 10.8 Å². The summed E-state index contributed by atoms with van der Waals surface area (Å²) in [6.07, 6.45) is 7.08. The van der Waals surface area contributed by atoms with Gasteiger partial charge in [-0.15, -0.1) is 0 Å². The predicted molar refractivity (Wildman–Crippen MR) is 120 cm³/mol. The zero-order valence-corrected chi connectivity index (χ0v) is 18.7. The first-order chi connectivity index (χ1) is 14.6. The number of fused-ring (bicyclic) bond motifs is 1. The van der Waals surface area contributed by atoms with Crippen molar-refractivity contribution in [3.63, 3.8) is 0 Å². The summed E-state index contributed by atoms with van der Waals surface area (Å²) in [5.74, 6) is 0.421. The van der Waals surface area contributed by atoms with Crippen molar-refractivity contribution in [3.8, 4) is 0 Å². The minimum absolute atomic E-state index is 0.112. The molecule has 5 rings (SSSR count).